The predicted molar refractivity (Wildman–Crippen MR) is 155 cm³/mol. The van der Waals surface area contributed by atoms with Gasteiger partial charge in [0.1, 0.15) is 24.0 Å². The SMILES string of the molecule is CC(C)OC(=O)[C@H](C)N(Oc1ccccc1)[PH](=O)OC[C@H]1O[C@@H](n2cnc3c(N(C)C4CC4)nc(N)nc32)[C@](C)(F)[C@@H]1O. The van der Waals surface area contributed by atoms with E-state index in [1.165, 1.54) is 24.7 Å². The molecular formula is C27H37FN7O7P. The second-order valence-corrected chi connectivity index (χ2v) is 12.4. The smallest absolute Gasteiger partial charge is 0.327 e. The first kappa shape index (κ1) is 31.1. The van der Waals surface area contributed by atoms with Crippen molar-refractivity contribution >= 4 is 37.1 Å². The van der Waals surface area contributed by atoms with Crippen LogP contribution < -0.4 is 15.5 Å². The van der Waals surface area contributed by atoms with Crippen LogP contribution in [0.25, 0.3) is 11.2 Å². The van der Waals surface area contributed by atoms with Crippen molar-refractivity contribution in [2.45, 2.75) is 82.8 Å². The number of ether oxygens (including phenoxy) is 2. The molecule has 0 spiro atoms. The van der Waals surface area contributed by atoms with Gasteiger partial charge in [0, 0.05) is 13.1 Å². The van der Waals surface area contributed by atoms with Crippen LogP contribution in [0.1, 0.15) is 46.8 Å². The number of hydrogen-bond acceptors (Lipinski definition) is 12. The van der Waals surface area contributed by atoms with E-state index in [1.54, 1.807) is 44.2 Å². The van der Waals surface area contributed by atoms with Gasteiger partial charge < -0.3 is 34.6 Å². The minimum atomic E-state index is -3.29. The lowest BCUT2D eigenvalue weighted by Crippen LogP contribution is -2.41. The third-order valence-electron chi connectivity index (χ3n) is 7.36. The molecule has 1 aliphatic carbocycles. The number of carbonyl (C=O) groups excluding carboxylic acids is 1. The van der Waals surface area contributed by atoms with Crippen LogP contribution in [0.4, 0.5) is 16.2 Å². The zero-order valence-corrected chi connectivity index (χ0v) is 25.6. The second kappa shape index (κ2) is 12.3. The third-order valence-corrected chi connectivity index (χ3v) is 8.61. The molecule has 1 unspecified atom stereocenters. The van der Waals surface area contributed by atoms with Crippen LogP contribution in [-0.2, 0) is 23.4 Å². The minimum Gasteiger partial charge on any atom is -0.462 e. The summed E-state index contributed by atoms with van der Waals surface area (Å²) < 4.78 is 47.6. The number of imidazole rings is 1. The van der Waals surface area contributed by atoms with Crippen molar-refractivity contribution in [1.82, 2.24) is 24.4 Å². The van der Waals surface area contributed by atoms with Crippen molar-refractivity contribution in [3.05, 3.63) is 36.7 Å². The Balaban J connectivity index is 1.34. The van der Waals surface area contributed by atoms with Crippen molar-refractivity contribution in [2.24, 2.45) is 0 Å². The number of aliphatic hydroxyl groups is 1. The average molecular weight is 622 g/mol. The fourth-order valence-electron chi connectivity index (χ4n) is 4.83. The Morgan fingerprint density at radius 3 is 2.63 bits per heavy atom. The van der Waals surface area contributed by atoms with Gasteiger partial charge in [-0.05, 0) is 52.7 Å². The standard InChI is InChI=1S/C27H37FN7O7P/c1-15(2)40-24(37)16(3)35(42-18-9-7-6-8-10-18)43(38)39-13-19-21(36)27(4,28)25(41-19)34-14-30-20-22(33(5)17-11-12-17)31-26(29)32-23(20)34/h6-10,14-17,19,21,25,36,43H,11-13H2,1-5H3,(H2,29,31,32)/t16-,19+,21+,25+,27+/m0/s1. The van der Waals surface area contributed by atoms with Crippen LogP contribution in [0.5, 0.6) is 5.75 Å². The van der Waals surface area contributed by atoms with Gasteiger partial charge >= 0.3 is 5.97 Å². The van der Waals surface area contributed by atoms with Crippen LogP contribution in [-0.4, -0.2) is 85.1 Å². The largest absolute Gasteiger partial charge is 0.462 e. The van der Waals surface area contributed by atoms with Gasteiger partial charge in [-0.2, -0.15) is 9.97 Å². The van der Waals surface area contributed by atoms with Crippen LogP contribution in [0.2, 0.25) is 0 Å². The molecule has 1 saturated heterocycles. The van der Waals surface area contributed by atoms with Crippen LogP contribution in [0, 0.1) is 0 Å². The van der Waals surface area contributed by atoms with Gasteiger partial charge in [-0.15, -0.1) is 0 Å². The summed E-state index contributed by atoms with van der Waals surface area (Å²) in [5.41, 5.74) is 4.33. The van der Waals surface area contributed by atoms with Crippen molar-refractivity contribution in [3.63, 3.8) is 0 Å². The normalized spacial score (nSPS) is 25.3. The van der Waals surface area contributed by atoms with Gasteiger partial charge in [0.05, 0.1) is 19.0 Å². The number of para-hydroxylation sites is 1. The van der Waals surface area contributed by atoms with Crippen molar-refractivity contribution in [2.75, 3.05) is 24.3 Å². The first-order valence-corrected chi connectivity index (χ1v) is 15.3. The van der Waals surface area contributed by atoms with Gasteiger partial charge in [-0.1, -0.05) is 23.0 Å². The maximum atomic E-state index is 16.1. The number of aromatic nitrogens is 4. The molecule has 43 heavy (non-hydrogen) atoms. The maximum Gasteiger partial charge on any atom is 0.327 e. The number of alkyl halides is 1. The van der Waals surface area contributed by atoms with Crippen LogP contribution in [0.15, 0.2) is 36.7 Å². The highest BCUT2D eigenvalue weighted by molar-refractivity contribution is 7.36. The summed E-state index contributed by atoms with van der Waals surface area (Å²) in [6.07, 6.45) is -1.31. The number of benzene rings is 1. The molecule has 1 aromatic carbocycles. The van der Waals surface area contributed by atoms with E-state index >= 15 is 4.39 Å². The number of anilines is 2. The molecule has 0 radical (unpaired) electrons. The Morgan fingerprint density at radius 1 is 1.28 bits per heavy atom. The number of nitrogens with zero attached hydrogens (tertiary/aromatic N) is 6. The van der Waals surface area contributed by atoms with Gasteiger partial charge in [0.2, 0.25) is 5.95 Å². The summed E-state index contributed by atoms with van der Waals surface area (Å²) in [5.74, 6) is 0.131. The zero-order valence-electron chi connectivity index (χ0n) is 24.6. The number of halogens is 1. The van der Waals surface area contributed by atoms with E-state index in [0.29, 0.717) is 23.1 Å². The Morgan fingerprint density at radius 2 is 1.98 bits per heavy atom. The van der Waals surface area contributed by atoms with E-state index < -0.39 is 57.0 Å². The number of nitrogens with two attached hydrogens (primary N) is 1. The lowest BCUT2D eigenvalue weighted by atomic mass is 9.98. The molecule has 5 rings (SSSR count). The highest BCUT2D eigenvalue weighted by Gasteiger charge is 2.55. The summed E-state index contributed by atoms with van der Waals surface area (Å²) in [6.45, 7) is 5.54. The second-order valence-electron chi connectivity index (χ2n) is 11.2. The Bertz CT molecular complexity index is 1470. The average Bonchev–Trinajstić information content (AvgIpc) is 3.70. The molecular weight excluding hydrogens is 584 g/mol. The molecule has 2 fully saturated rings. The number of hydroxylamine groups is 1. The maximum absolute atomic E-state index is 16.1. The Labute approximate surface area is 248 Å². The summed E-state index contributed by atoms with van der Waals surface area (Å²) in [4.78, 5) is 34.3. The summed E-state index contributed by atoms with van der Waals surface area (Å²) >= 11 is 0. The molecule has 0 bridgehead atoms. The zero-order chi connectivity index (χ0) is 31.1. The van der Waals surface area contributed by atoms with E-state index in [0.717, 1.165) is 17.7 Å². The van der Waals surface area contributed by atoms with E-state index in [9.17, 15) is 14.5 Å². The van der Waals surface area contributed by atoms with Crippen molar-refractivity contribution in [3.8, 4) is 5.75 Å². The lowest BCUT2D eigenvalue weighted by molar-refractivity contribution is -0.159. The van der Waals surface area contributed by atoms with Gasteiger partial charge in [-0.25, -0.2) is 9.37 Å². The van der Waals surface area contributed by atoms with Gasteiger partial charge in [0.15, 0.2) is 28.9 Å². The van der Waals surface area contributed by atoms with E-state index in [4.69, 9.17) is 24.6 Å². The molecule has 3 heterocycles. The summed E-state index contributed by atoms with van der Waals surface area (Å²) in [5, 5.41) is 10.9. The quantitative estimate of drug-likeness (QED) is 0.172. The molecule has 2 aliphatic rings. The lowest BCUT2D eigenvalue weighted by Gasteiger charge is -2.27. The molecule has 234 valence electrons. The van der Waals surface area contributed by atoms with Crippen LogP contribution in [0.3, 0.4) is 0 Å². The number of esters is 1. The molecule has 6 atom stereocenters. The minimum absolute atomic E-state index is 0.0158. The highest BCUT2D eigenvalue weighted by Crippen LogP contribution is 2.44. The Hall–Kier alpha value is -3.36. The van der Waals surface area contributed by atoms with Crippen molar-refractivity contribution < 1.29 is 37.7 Å². The van der Waals surface area contributed by atoms with Crippen LogP contribution >= 0.6 is 8.18 Å². The summed E-state index contributed by atoms with van der Waals surface area (Å²) in [7, 11) is -1.41. The fraction of sp³-hybridized carbons (Fsp3) is 0.556. The molecule has 0 amide bonds. The predicted octanol–water partition coefficient (Wildman–Crippen LogP) is 3.04. The number of nitrogen functional groups attached to an aromatic ring is 1. The van der Waals surface area contributed by atoms with E-state index in [2.05, 4.69) is 15.0 Å². The van der Waals surface area contributed by atoms with Crippen molar-refractivity contribution in [1.29, 1.82) is 0 Å². The monoisotopic (exact) mass is 621 g/mol. The first-order valence-electron chi connectivity index (χ1n) is 14.0. The first-order chi connectivity index (χ1) is 20.4. The number of aliphatic hydroxyl groups excluding tert-OH is 1. The molecule has 3 aromatic rings. The topological polar surface area (TPSA) is 167 Å². The number of carbonyl (C=O) groups is 1. The van der Waals surface area contributed by atoms with E-state index in [-0.39, 0.29) is 11.6 Å². The summed E-state index contributed by atoms with van der Waals surface area (Å²) in [6, 6.07) is 7.61. The molecule has 1 aliphatic heterocycles. The number of hydrogen-bond donors (Lipinski definition) is 2. The molecule has 14 nitrogen and oxygen atoms in total. The van der Waals surface area contributed by atoms with E-state index in [1.807, 2.05) is 11.9 Å². The fourth-order valence-corrected chi connectivity index (χ4v) is 5.87. The highest BCUT2D eigenvalue weighted by atomic mass is 31.1. The molecule has 1 saturated carbocycles. The Kier molecular flexibility index (Phi) is 8.91. The van der Waals surface area contributed by atoms with Gasteiger partial charge in [0.25, 0.3) is 8.18 Å². The third kappa shape index (κ3) is 6.46. The molecule has 2 aromatic heterocycles. The molecule has 3 N–H and O–H groups in total. The number of rotatable bonds is 12. The number of fused-ring (bicyclic) bond motifs is 1. The van der Waals surface area contributed by atoms with Gasteiger partial charge in [-0.3, -0.25) is 13.9 Å². The molecule has 16 heteroatoms.